The van der Waals surface area contributed by atoms with Crippen LogP contribution in [-0.4, -0.2) is 40.4 Å². The van der Waals surface area contributed by atoms with Crippen LogP contribution in [0.25, 0.3) is 22.2 Å². The molecular formula is C22H23N3O2. The zero-order valence-electron chi connectivity index (χ0n) is 15.4. The number of rotatable bonds is 2. The topological polar surface area (TPSA) is 39.5 Å². The summed E-state index contributed by atoms with van der Waals surface area (Å²) < 4.78 is 13.4. The van der Waals surface area contributed by atoms with E-state index in [9.17, 15) is 0 Å². The van der Waals surface area contributed by atoms with Gasteiger partial charge >= 0.3 is 0 Å². The lowest BCUT2D eigenvalue weighted by Gasteiger charge is -2.36. The van der Waals surface area contributed by atoms with E-state index in [2.05, 4.69) is 39.8 Å². The van der Waals surface area contributed by atoms with Crippen LogP contribution in [0.1, 0.15) is 25.1 Å². The van der Waals surface area contributed by atoms with Crippen LogP contribution in [0.5, 0.6) is 11.5 Å². The molecule has 1 fully saturated rings. The number of hydrogen-bond acceptors (Lipinski definition) is 4. The molecule has 0 atom stereocenters. The van der Waals surface area contributed by atoms with Crippen molar-refractivity contribution in [3.05, 3.63) is 42.2 Å². The van der Waals surface area contributed by atoms with Crippen molar-refractivity contribution in [2.24, 2.45) is 0 Å². The highest BCUT2D eigenvalue weighted by molar-refractivity contribution is 5.83. The first-order chi connectivity index (χ1) is 13.3. The highest BCUT2D eigenvalue weighted by atomic mass is 16.7. The van der Waals surface area contributed by atoms with Gasteiger partial charge in [-0.15, -0.1) is 0 Å². The van der Waals surface area contributed by atoms with Gasteiger partial charge in [0.15, 0.2) is 11.5 Å². The van der Waals surface area contributed by atoms with Crippen LogP contribution in [0.3, 0.4) is 0 Å². The summed E-state index contributed by atoms with van der Waals surface area (Å²) in [6, 6.07) is 13.6. The number of hydrogen-bond donors (Lipinski definition) is 0. The van der Waals surface area contributed by atoms with Crippen molar-refractivity contribution >= 4 is 11.0 Å². The minimum Gasteiger partial charge on any atom is -0.454 e. The molecule has 2 aliphatic heterocycles. The molecule has 0 radical (unpaired) electrons. The van der Waals surface area contributed by atoms with Crippen LogP contribution in [0.4, 0.5) is 0 Å². The lowest BCUT2D eigenvalue weighted by atomic mass is 9.91. The number of aromatic nitrogens is 2. The molecule has 2 aromatic carbocycles. The van der Waals surface area contributed by atoms with Crippen LogP contribution in [0.15, 0.2) is 36.4 Å². The Kier molecular flexibility index (Phi) is 3.44. The monoisotopic (exact) mass is 361 g/mol. The van der Waals surface area contributed by atoms with Crippen molar-refractivity contribution < 1.29 is 9.47 Å². The van der Waals surface area contributed by atoms with Crippen LogP contribution in [0.2, 0.25) is 0 Å². The zero-order valence-corrected chi connectivity index (χ0v) is 15.4. The minimum atomic E-state index is 0.309. The van der Waals surface area contributed by atoms with E-state index >= 15 is 0 Å². The quantitative estimate of drug-likeness (QED) is 0.695. The molecule has 0 unspecified atom stereocenters. The Hall–Kier alpha value is -2.53. The Balaban J connectivity index is 1.33. The van der Waals surface area contributed by atoms with Crippen LogP contribution < -0.4 is 9.47 Å². The van der Waals surface area contributed by atoms with E-state index in [4.69, 9.17) is 14.5 Å². The van der Waals surface area contributed by atoms with Gasteiger partial charge in [0.1, 0.15) is 5.82 Å². The van der Waals surface area contributed by atoms with Gasteiger partial charge in [0.2, 0.25) is 6.79 Å². The summed E-state index contributed by atoms with van der Waals surface area (Å²) >= 11 is 0. The first-order valence-corrected chi connectivity index (χ1v) is 9.98. The van der Waals surface area contributed by atoms with E-state index in [0.29, 0.717) is 6.79 Å². The molecule has 1 aliphatic carbocycles. The summed E-state index contributed by atoms with van der Waals surface area (Å²) in [7, 11) is 0. The molecule has 1 saturated carbocycles. The van der Waals surface area contributed by atoms with Crippen LogP contribution >= 0.6 is 0 Å². The summed E-state index contributed by atoms with van der Waals surface area (Å²) in [5, 5.41) is 0. The van der Waals surface area contributed by atoms with E-state index in [1.807, 2.05) is 6.07 Å². The average molecular weight is 361 g/mol. The number of nitrogens with zero attached hydrogens (tertiary/aromatic N) is 3. The van der Waals surface area contributed by atoms with Crippen LogP contribution in [-0.2, 0) is 13.0 Å². The Morgan fingerprint density at radius 3 is 2.63 bits per heavy atom. The molecule has 5 nitrogen and oxygen atoms in total. The SMILES string of the molecule is c1cc2c(cc1-c1ccc3c(c1)nc1n3CCN(C3CCC3)CC1)OCO2. The molecule has 0 saturated heterocycles. The Bertz CT molecular complexity index is 1020. The molecule has 0 amide bonds. The normalized spacial score (nSPS) is 19.7. The van der Waals surface area contributed by atoms with Gasteiger partial charge in [-0.3, -0.25) is 4.90 Å². The molecule has 5 heteroatoms. The van der Waals surface area contributed by atoms with Crippen LogP contribution in [0, 0.1) is 0 Å². The summed E-state index contributed by atoms with van der Waals surface area (Å²) in [6.45, 7) is 3.64. The summed E-state index contributed by atoms with van der Waals surface area (Å²) in [6.07, 6.45) is 5.20. The highest BCUT2D eigenvalue weighted by Gasteiger charge is 2.27. The standard InChI is InChI=1S/C22H23N3O2/c1-2-17(3-1)24-9-8-22-23-18-12-15(4-6-19(18)25(22)11-10-24)16-5-7-20-21(13-16)27-14-26-20/h4-7,12-13,17H,1-3,8-11,14H2. The lowest BCUT2D eigenvalue weighted by Crippen LogP contribution is -2.41. The van der Waals surface area contributed by atoms with Crippen molar-refractivity contribution in [1.29, 1.82) is 0 Å². The summed E-state index contributed by atoms with van der Waals surface area (Å²) in [4.78, 5) is 7.66. The third-order valence-corrected chi connectivity index (χ3v) is 6.36. The highest BCUT2D eigenvalue weighted by Crippen LogP contribution is 2.36. The molecule has 138 valence electrons. The maximum absolute atomic E-state index is 5.52. The smallest absolute Gasteiger partial charge is 0.231 e. The van der Waals surface area contributed by atoms with Crippen molar-refractivity contribution in [2.45, 2.75) is 38.3 Å². The van der Waals surface area contributed by atoms with Gasteiger partial charge in [0.05, 0.1) is 11.0 Å². The largest absolute Gasteiger partial charge is 0.454 e. The molecule has 0 N–H and O–H groups in total. The number of imidazole rings is 1. The Morgan fingerprint density at radius 1 is 0.889 bits per heavy atom. The van der Waals surface area contributed by atoms with E-state index < -0.39 is 0 Å². The summed E-state index contributed by atoms with van der Waals surface area (Å²) in [5.74, 6) is 2.88. The predicted molar refractivity (Wildman–Crippen MR) is 104 cm³/mol. The molecule has 0 bridgehead atoms. The first-order valence-electron chi connectivity index (χ1n) is 9.98. The van der Waals surface area contributed by atoms with E-state index in [-0.39, 0.29) is 0 Å². The van der Waals surface area contributed by atoms with Crippen molar-refractivity contribution in [1.82, 2.24) is 14.5 Å². The maximum atomic E-state index is 5.52. The average Bonchev–Trinajstić information content (AvgIpc) is 3.20. The number of fused-ring (bicyclic) bond motifs is 4. The molecule has 27 heavy (non-hydrogen) atoms. The van der Waals surface area contributed by atoms with Gasteiger partial charge in [0, 0.05) is 32.1 Å². The second kappa shape index (κ2) is 5.99. The second-order valence-corrected chi connectivity index (χ2v) is 7.82. The van der Waals surface area contributed by atoms with Gasteiger partial charge in [-0.2, -0.15) is 0 Å². The maximum Gasteiger partial charge on any atom is 0.231 e. The fraction of sp³-hybridized carbons (Fsp3) is 0.409. The summed E-state index contributed by atoms with van der Waals surface area (Å²) in [5.41, 5.74) is 4.66. The third kappa shape index (κ3) is 2.52. The van der Waals surface area contributed by atoms with Crippen molar-refractivity contribution in [3.8, 4) is 22.6 Å². The first kappa shape index (κ1) is 15.5. The number of ether oxygens (including phenoxy) is 2. The molecule has 3 heterocycles. The Morgan fingerprint density at radius 2 is 1.74 bits per heavy atom. The molecule has 3 aliphatic rings. The third-order valence-electron chi connectivity index (χ3n) is 6.36. The second-order valence-electron chi connectivity index (χ2n) is 7.82. The lowest BCUT2D eigenvalue weighted by molar-refractivity contribution is 0.130. The van der Waals surface area contributed by atoms with Crippen molar-refractivity contribution in [2.75, 3.05) is 19.9 Å². The molecule has 0 spiro atoms. The van der Waals surface area contributed by atoms with E-state index in [0.717, 1.165) is 54.7 Å². The number of benzene rings is 2. The fourth-order valence-corrected chi connectivity index (χ4v) is 4.58. The predicted octanol–water partition coefficient (Wildman–Crippen LogP) is 3.84. The van der Waals surface area contributed by atoms with Gasteiger partial charge in [-0.1, -0.05) is 18.6 Å². The van der Waals surface area contributed by atoms with Crippen molar-refractivity contribution in [3.63, 3.8) is 0 Å². The molecule has 1 aromatic heterocycles. The Labute approximate surface area is 158 Å². The van der Waals surface area contributed by atoms with Gasteiger partial charge in [-0.25, -0.2) is 4.98 Å². The van der Waals surface area contributed by atoms with Gasteiger partial charge in [-0.05, 0) is 48.2 Å². The fourth-order valence-electron chi connectivity index (χ4n) is 4.58. The molecule has 3 aromatic rings. The molecule has 6 rings (SSSR count). The van der Waals surface area contributed by atoms with E-state index in [1.54, 1.807) is 0 Å². The van der Waals surface area contributed by atoms with E-state index in [1.165, 1.54) is 36.2 Å². The molecular weight excluding hydrogens is 338 g/mol. The zero-order chi connectivity index (χ0) is 17.8. The minimum absolute atomic E-state index is 0.309. The van der Waals surface area contributed by atoms with Gasteiger partial charge < -0.3 is 14.0 Å². The van der Waals surface area contributed by atoms with Gasteiger partial charge in [0.25, 0.3) is 0 Å².